The third-order valence-corrected chi connectivity index (χ3v) is 2.73. The zero-order chi connectivity index (χ0) is 11.3. The number of rotatable bonds is 4. The average Bonchev–Trinajstić information content (AvgIpc) is 2.26. The second-order valence-electron chi connectivity index (χ2n) is 3.35. The van der Waals surface area contributed by atoms with Crippen molar-refractivity contribution in [3.63, 3.8) is 0 Å². The van der Waals surface area contributed by atoms with E-state index in [-0.39, 0.29) is 11.7 Å². The molecule has 0 bridgehead atoms. The van der Waals surface area contributed by atoms with Crippen LogP contribution in [-0.2, 0) is 11.2 Å². The Kier molecular flexibility index (Phi) is 4.99. The van der Waals surface area contributed by atoms with E-state index in [1.165, 1.54) is 5.56 Å². The van der Waals surface area contributed by atoms with E-state index in [1.54, 1.807) is 11.9 Å². The summed E-state index contributed by atoms with van der Waals surface area (Å²) in [4.78, 5) is 12.9. The first-order chi connectivity index (χ1) is 7.13. The van der Waals surface area contributed by atoms with Gasteiger partial charge in [-0.05, 0) is 24.1 Å². The molecule has 0 fully saturated rings. The zero-order valence-corrected chi connectivity index (χ0v) is 10.3. The number of halogens is 1. The molecule has 0 aliphatic carbocycles. The highest BCUT2D eigenvalue weighted by Gasteiger charge is 2.05. The van der Waals surface area contributed by atoms with E-state index in [0.29, 0.717) is 6.54 Å². The van der Waals surface area contributed by atoms with Crippen molar-refractivity contribution in [1.29, 1.82) is 0 Å². The van der Waals surface area contributed by atoms with Gasteiger partial charge >= 0.3 is 0 Å². The molecule has 0 saturated carbocycles. The normalized spacial score (nSPS) is 10.1. The Morgan fingerprint density at radius 1 is 1.40 bits per heavy atom. The Morgan fingerprint density at radius 3 is 2.53 bits per heavy atom. The van der Waals surface area contributed by atoms with Gasteiger partial charge in [-0.25, -0.2) is 0 Å². The first-order valence-corrected chi connectivity index (χ1v) is 5.74. The summed E-state index contributed by atoms with van der Waals surface area (Å²) in [6, 6.07) is 7.66. The molecule has 1 aromatic rings. The monoisotopic (exact) mass is 243 g/mol. The Balaban J connectivity index is 2.43. The van der Waals surface area contributed by atoms with Gasteiger partial charge in [-0.15, -0.1) is 0 Å². The van der Waals surface area contributed by atoms with Crippen LogP contribution in [0.3, 0.4) is 0 Å². The number of thiol groups is 1. The van der Waals surface area contributed by atoms with Crippen molar-refractivity contribution in [2.75, 3.05) is 19.3 Å². The summed E-state index contributed by atoms with van der Waals surface area (Å²) in [5, 5.41) is 0.735. The van der Waals surface area contributed by atoms with Crippen molar-refractivity contribution in [3.05, 3.63) is 34.9 Å². The molecule has 1 rings (SSSR count). The van der Waals surface area contributed by atoms with Crippen molar-refractivity contribution >= 4 is 30.1 Å². The van der Waals surface area contributed by atoms with Gasteiger partial charge < -0.3 is 4.90 Å². The number of benzene rings is 1. The van der Waals surface area contributed by atoms with E-state index >= 15 is 0 Å². The van der Waals surface area contributed by atoms with Crippen molar-refractivity contribution in [3.8, 4) is 0 Å². The van der Waals surface area contributed by atoms with Gasteiger partial charge in [0.1, 0.15) is 0 Å². The number of likely N-dealkylation sites (N-methyl/N-ethyl adjacent to an activating group) is 1. The molecule has 0 aliphatic rings. The summed E-state index contributed by atoms with van der Waals surface area (Å²) in [6.07, 6.45) is 0.840. The van der Waals surface area contributed by atoms with Crippen LogP contribution >= 0.6 is 24.2 Å². The topological polar surface area (TPSA) is 20.3 Å². The second-order valence-corrected chi connectivity index (χ2v) is 4.10. The number of amides is 1. The fraction of sp³-hybridized carbons (Fsp3) is 0.364. The molecule has 4 heteroatoms. The SMILES string of the molecule is CN(CCc1ccc(Cl)cc1)C(=O)CS. The molecule has 15 heavy (non-hydrogen) atoms. The molecular weight excluding hydrogens is 230 g/mol. The van der Waals surface area contributed by atoms with Gasteiger partial charge in [0.25, 0.3) is 0 Å². The lowest BCUT2D eigenvalue weighted by atomic mass is 10.1. The number of carbonyl (C=O) groups excluding carboxylic acids is 1. The first-order valence-electron chi connectivity index (χ1n) is 4.72. The summed E-state index contributed by atoms with van der Waals surface area (Å²) in [7, 11) is 1.79. The maximum atomic E-state index is 11.2. The Hall–Kier alpha value is -0.670. The van der Waals surface area contributed by atoms with Crippen molar-refractivity contribution in [1.82, 2.24) is 4.90 Å². The first kappa shape index (κ1) is 12.4. The third-order valence-electron chi connectivity index (χ3n) is 2.21. The minimum Gasteiger partial charge on any atom is -0.345 e. The van der Waals surface area contributed by atoms with Crippen LogP contribution in [0, 0.1) is 0 Å². The van der Waals surface area contributed by atoms with E-state index in [4.69, 9.17) is 11.6 Å². The lowest BCUT2D eigenvalue weighted by Gasteiger charge is -2.15. The number of carbonyl (C=O) groups is 1. The van der Waals surface area contributed by atoms with Crippen LogP contribution in [0.2, 0.25) is 5.02 Å². The highest BCUT2D eigenvalue weighted by Crippen LogP contribution is 2.10. The fourth-order valence-electron chi connectivity index (χ4n) is 1.19. The molecule has 0 spiro atoms. The molecule has 0 aromatic heterocycles. The molecule has 0 atom stereocenters. The maximum absolute atomic E-state index is 11.2. The van der Waals surface area contributed by atoms with Crippen molar-refractivity contribution < 1.29 is 4.79 Å². The van der Waals surface area contributed by atoms with Gasteiger partial charge in [-0.3, -0.25) is 4.79 Å². The second kappa shape index (κ2) is 6.03. The minimum atomic E-state index is 0.0484. The smallest absolute Gasteiger partial charge is 0.232 e. The molecule has 0 saturated heterocycles. The number of hydrogen-bond acceptors (Lipinski definition) is 2. The van der Waals surface area contributed by atoms with E-state index < -0.39 is 0 Å². The lowest BCUT2D eigenvalue weighted by Crippen LogP contribution is -2.29. The molecule has 1 amide bonds. The van der Waals surface area contributed by atoms with Crippen LogP contribution in [0.15, 0.2) is 24.3 Å². The number of hydrogen-bond donors (Lipinski definition) is 1. The molecule has 82 valence electrons. The van der Waals surface area contributed by atoms with Gasteiger partial charge in [0.2, 0.25) is 5.91 Å². The van der Waals surface area contributed by atoms with Crippen molar-refractivity contribution in [2.24, 2.45) is 0 Å². The molecule has 0 heterocycles. The third kappa shape index (κ3) is 4.14. The van der Waals surface area contributed by atoms with Gasteiger partial charge in [-0.1, -0.05) is 23.7 Å². The lowest BCUT2D eigenvalue weighted by molar-refractivity contribution is -0.127. The largest absolute Gasteiger partial charge is 0.345 e. The Morgan fingerprint density at radius 2 is 2.00 bits per heavy atom. The maximum Gasteiger partial charge on any atom is 0.232 e. The zero-order valence-electron chi connectivity index (χ0n) is 8.61. The molecule has 1 aromatic carbocycles. The molecule has 2 nitrogen and oxygen atoms in total. The average molecular weight is 244 g/mol. The van der Waals surface area contributed by atoms with Crippen LogP contribution < -0.4 is 0 Å². The summed E-state index contributed by atoms with van der Waals surface area (Å²) in [6.45, 7) is 0.709. The summed E-state index contributed by atoms with van der Waals surface area (Å²) in [5.41, 5.74) is 1.18. The van der Waals surface area contributed by atoms with Gasteiger partial charge in [0.05, 0.1) is 5.75 Å². The molecule has 0 radical (unpaired) electrons. The Bertz CT molecular complexity index is 326. The van der Waals surface area contributed by atoms with Crippen molar-refractivity contribution in [2.45, 2.75) is 6.42 Å². The highest BCUT2D eigenvalue weighted by atomic mass is 35.5. The summed E-state index contributed by atoms with van der Waals surface area (Å²) in [5.74, 6) is 0.309. The van der Waals surface area contributed by atoms with Crippen LogP contribution in [-0.4, -0.2) is 30.2 Å². The van der Waals surface area contributed by atoms with Crippen LogP contribution in [0.5, 0.6) is 0 Å². The van der Waals surface area contributed by atoms with E-state index in [0.717, 1.165) is 11.4 Å². The van der Waals surface area contributed by atoms with Gasteiger partial charge in [-0.2, -0.15) is 12.6 Å². The molecule has 0 aliphatic heterocycles. The fourth-order valence-corrected chi connectivity index (χ4v) is 1.56. The molecule has 0 N–H and O–H groups in total. The summed E-state index contributed by atoms with van der Waals surface area (Å²) >= 11 is 9.71. The van der Waals surface area contributed by atoms with E-state index in [1.807, 2.05) is 24.3 Å². The van der Waals surface area contributed by atoms with Gasteiger partial charge in [0.15, 0.2) is 0 Å². The quantitative estimate of drug-likeness (QED) is 0.805. The van der Waals surface area contributed by atoms with Crippen LogP contribution in [0.4, 0.5) is 0 Å². The summed E-state index contributed by atoms with van der Waals surface area (Å²) < 4.78 is 0. The highest BCUT2D eigenvalue weighted by molar-refractivity contribution is 7.81. The predicted molar refractivity (Wildman–Crippen MR) is 66.6 cm³/mol. The minimum absolute atomic E-state index is 0.0484. The Labute approximate surface area is 101 Å². The predicted octanol–water partition coefficient (Wildman–Crippen LogP) is 2.27. The van der Waals surface area contributed by atoms with E-state index in [2.05, 4.69) is 12.6 Å². The van der Waals surface area contributed by atoms with Crippen LogP contribution in [0.25, 0.3) is 0 Å². The molecular formula is C11H14ClNOS. The van der Waals surface area contributed by atoms with E-state index in [9.17, 15) is 4.79 Å². The standard InChI is InChI=1S/C11H14ClNOS/c1-13(11(14)8-15)7-6-9-2-4-10(12)5-3-9/h2-5,15H,6-8H2,1H3. The molecule has 0 unspecified atom stereocenters. The van der Waals surface area contributed by atoms with Crippen LogP contribution in [0.1, 0.15) is 5.56 Å². The van der Waals surface area contributed by atoms with Gasteiger partial charge in [0, 0.05) is 18.6 Å². The number of nitrogens with zero attached hydrogens (tertiary/aromatic N) is 1.